The molecule has 3 N–H and O–H groups in total. The number of likely N-dealkylation sites (tertiary alicyclic amines) is 1. The van der Waals surface area contributed by atoms with E-state index in [1.54, 1.807) is 4.90 Å². The van der Waals surface area contributed by atoms with Crippen LogP contribution in [0.2, 0.25) is 0 Å². The molecule has 7 atom stereocenters. The molecule has 2 aromatic rings. The van der Waals surface area contributed by atoms with Gasteiger partial charge in [0.05, 0.1) is 22.1 Å². The fourth-order valence-corrected chi connectivity index (χ4v) is 8.38. The van der Waals surface area contributed by atoms with Gasteiger partial charge >= 0.3 is 0 Å². The Balaban J connectivity index is 1.02. The van der Waals surface area contributed by atoms with Crippen molar-refractivity contribution in [2.45, 2.75) is 51.0 Å². The molecule has 1 aliphatic heterocycles. The highest BCUT2D eigenvalue weighted by atomic mass is 32.1. The van der Waals surface area contributed by atoms with Gasteiger partial charge in [-0.2, -0.15) is 4.37 Å². The first kappa shape index (κ1) is 23.4. The summed E-state index contributed by atoms with van der Waals surface area (Å²) < 4.78 is 5.73. The Morgan fingerprint density at radius 1 is 1.11 bits per heavy atom. The molecule has 1 aromatic heterocycles. The Hall–Kier alpha value is -2.03. The highest BCUT2D eigenvalue weighted by Crippen LogP contribution is 2.60. The van der Waals surface area contributed by atoms with Gasteiger partial charge in [0.1, 0.15) is 5.82 Å². The van der Waals surface area contributed by atoms with Crippen LogP contribution >= 0.6 is 11.5 Å². The largest absolute Gasteiger partial charge is 0.390 e. The van der Waals surface area contributed by atoms with Crippen LogP contribution in [0.3, 0.4) is 0 Å². The van der Waals surface area contributed by atoms with Crippen molar-refractivity contribution in [1.29, 1.82) is 0 Å². The number of anilines is 1. The lowest BCUT2D eigenvalue weighted by molar-refractivity contribution is -0.142. The van der Waals surface area contributed by atoms with Crippen molar-refractivity contribution < 1.29 is 14.7 Å². The van der Waals surface area contributed by atoms with Gasteiger partial charge in [-0.15, -0.1) is 0 Å². The number of hydrogen-bond acceptors (Lipinski definition) is 7. The molecular weight excluding hydrogens is 460 g/mol. The van der Waals surface area contributed by atoms with Crippen molar-refractivity contribution in [2.75, 3.05) is 31.5 Å². The molecule has 0 radical (unpaired) electrons. The molecule has 4 aliphatic rings. The summed E-state index contributed by atoms with van der Waals surface area (Å²) in [6.07, 6.45) is 6.09. The third kappa shape index (κ3) is 4.07. The average molecular weight is 497 g/mol. The zero-order chi connectivity index (χ0) is 24.2. The molecule has 3 saturated carbocycles. The normalized spacial score (nSPS) is 36.3. The molecular formula is C27H36N4O3S. The van der Waals surface area contributed by atoms with Crippen molar-refractivity contribution >= 4 is 39.3 Å². The third-order valence-corrected chi connectivity index (χ3v) is 10.1. The van der Waals surface area contributed by atoms with E-state index in [0.717, 1.165) is 44.7 Å². The second-order valence-electron chi connectivity index (χ2n) is 11.5. The van der Waals surface area contributed by atoms with Gasteiger partial charge in [-0.1, -0.05) is 25.0 Å². The smallest absolute Gasteiger partial charge is 0.233 e. The average Bonchev–Trinajstić information content (AvgIpc) is 3.57. The summed E-state index contributed by atoms with van der Waals surface area (Å²) in [5.74, 6) is 1.47. The van der Waals surface area contributed by atoms with Crippen LogP contribution in [0.5, 0.6) is 0 Å². The minimum Gasteiger partial charge on any atom is -0.390 e. The SMILES string of the molecule is C[C@@]1(O)C[C@H]2C[C@@H]1[C@@H]1C(=O)N(C[C@@H]3CCCCC3CNCCNc3nsc4ccccc34)C(=O)[C@H]21. The van der Waals surface area contributed by atoms with Gasteiger partial charge in [-0.05, 0) is 80.6 Å². The van der Waals surface area contributed by atoms with Crippen LogP contribution in [0.4, 0.5) is 5.82 Å². The van der Waals surface area contributed by atoms with Crippen LogP contribution in [-0.2, 0) is 9.59 Å². The summed E-state index contributed by atoms with van der Waals surface area (Å²) in [5, 5.41) is 19.0. The third-order valence-electron chi connectivity index (χ3n) is 9.32. The van der Waals surface area contributed by atoms with E-state index >= 15 is 0 Å². The van der Waals surface area contributed by atoms with E-state index in [2.05, 4.69) is 27.1 Å². The minimum absolute atomic E-state index is 0.00977. The van der Waals surface area contributed by atoms with E-state index in [-0.39, 0.29) is 35.5 Å². The number of aliphatic hydroxyl groups is 1. The van der Waals surface area contributed by atoms with Crippen molar-refractivity contribution in [1.82, 2.24) is 14.6 Å². The predicted molar refractivity (Wildman–Crippen MR) is 137 cm³/mol. The number of aromatic nitrogens is 1. The van der Waals surface area contributed by atoms with E-state index in [4.69, 9.17) is 0 Å². The summed E-state index contributed by atoms with van der Waals surface area (Å²) in [4.78, 5) is 28.2. The number of benzene rings is 1. The molecule has 7 nitrogen and oxygen atoms in total. The van der Waals surface area contributed by atoms with Gasteiger partial charge in [0.2, 0.25) is 11.8 Å². The van der Waals surface area contributed by atoms with Gasteiger partial charge in [-0.3, -0.25) is 14.5 Å². The molecule has 188 valence electrons. The Bertz CT molecular complexity index is 1120. The number of carbonyl (C=O) groups excluding carboxylic acids is 2. The number of rotatable bonds is 8. The fourth-order valence-electron chi connectivity index (χ4n) is 7.62. The molecule has 35 heavy (non-hydrogen) atoms. The lowest BCUT2D eigenvalue weighted by Gasteiger charge is -2.34. The number of nitrogens with one attached hydrogen (secondary N) is 2. The summed E-state index contributed by atoms with van der Waals surface area (Å²) in [6, 6.07) is 8.27. The monoisotopic (exact) mass is 496 g/mol. The number of fused-ring (bicyclic) bond motifs is 6. The lowest BCUT2D eigenvalue weighted by Crippen LogP contribution is -2.43. The summed E-state index contributed by atoms with van der Waals surface area (Å²) >= 11 is 1.52. The fraction of sp³-hybridized carbons (Fsp3) is 0.667. The van der Waals surface area contributed by atoms with E-state index in [1.165, 1.54) is 34.5 Å². The van der Waals surface area contributed by atoms with Gasteiger partial charge in [0, 0.05) is 30.9 Å². The van der Waals surface area contributed by atoms with Crippen molar-refractivity contribution in [3.63, 3.8) is 0 Å². The van der Waals surface area contributed by atoms with Crippen LogP contribution in [-0.4, -0.2) is 58.0 Å². The topological polar surface area (TPSA) is 94.6 Å². The number of hydrogen-bond donors (Lipinski definition) is 3. The number of amides is 2. The maximum absolute atomic E-state index is 13.3. The van der Waals surface area contributed by atoms with Crippen molar-refractivity contribution in [3.8, 4) is 0 Å². The van der Waals surface area contributed by atoms with Crippen LogP contribution in [0, 0.1) is 35.5 Å². The van der Waals surface area contributed by atoms with E-state index in [1.807, 2.05) is 19.1 Å². The molecule has 1 aromatic carbocycles. The molecule has 1 unspecified atom stereocenters. The minimum atomic E-state index is -0.798. The Kier molecular flexibility index (Phi) is 6.09. The number of carbonyl (C=O) groups is 2. The van der Waals surface area contributed by atoms with Crippen LogP contribution in [0.15, 0.2) is 24.3 Å². The highest BCUT2D eigenvalue weighted by molar-refractivity contribution is 7.13. The molecule has 2 heterocycles. The van der Waals surface area contributed by atoms with Gasteiger partial charge in [0.25, 0.3) is 0 Å². The van der Waals surface area contributed by atoms with Gasteiger partial charge in [-0.25, -0.2) is 0 Å². The van der Waals surface area contributed by atoms with Crippen molar-refractivity contribution in [3.05, 3.63) is 24.3 Å². The molecule has 1 saturated heterocycles. The van der Waals surface area contributed by atoms with Crippen molar-refractivity contribution in [2.24, 2.45) is 35.5 Å². The molecule has 0 spiro atoms. The van der Waals surface area contributed by atoms with Crippen LogP contribution < -0.4 is 10.6 Å². The molecule has 2 bridgehead atoms. The van der Waals surface area contributed by atoms with Crippen LogP contribution in [0.25, 0.3) is 10.1 Å². The highest BCUT2D eigenvalue weighted by Gasteiger charge is 2.66. The van der Waals surface area contributed by atoms with E-state index < -0.39 is 5.60 Å². The quantitative estimate of drug-likeness (QED) is 0.383. The lowest BCUT2D eigenvalue weighted by atomic mass is 9.73. The maximum atomic E-state index is 13.3. The number of imide groups is 1. The van der Waals surface area contributed by atoms with Crippen LogP contribution in [0.1, 0.15) is 45.4 Å². The summed E-state index contributed by atoms with van der Waals surface area (Å²) in [6.45, 7) is 4.97. The Labute approximate surface area is 210 Å². The summed E-state index contributed by atoms with van der Waals surface area (Å²) in [7, 11) is 0. The molecule has 4 fully saturated rings. The second-order valence-corrected chi connectivity index (χ2v) is 12.3. The van der Waals surface area contributed by atoms with Gasteiger partial charge in [0.15, 0.2) is 0 Å². The van der Waals surface area contributed by atoms with Gasteiger partial charge < -0.3 is 15.7 Å². The first-order chi connectivity index (χ1) is 16.9. The first-order valence-corrected chi connectivity index (χ1v) is 14.1. The summed E-state index contributed by atoms with van der Waals surface area (Å²) in [5.41, 5.74) is -0.798. The van der Waals surface area contributed by atoms with E-state index in [9.17, 15) is 14.7 Å². The molecule has 3 aliphatic carbocycles. The zero-order valence-electron chi connectivity index (χ0n) is 20.4. The predicted octanol–water partition coefficient (Wildman–Crippen LogP) is 3.50. The Morgan fingerprint density at radius 2 is 1.89 bits per heavy atom. The van der Waals surface area contributed by atoms with E-state index in [0.29, 0.717) is 24.8 Å². The zero-order valence-corrected chi connectivity index (χ0v) is 21.2. The molecule has 2 amide bonds. The first-order valence-electron chi connectivity index (χ1n) is 13.3. The standard InChI is InChI=1S/C27H36N4O3S/c1-27(34)13-18-12-20(27)23-22(18)25(32)31(26(23)33)15-17-7-3-2-6-16(17)14-28-10-11-29-24-19-8-4-5-9-21(19)35-30-24/h4-5,8-9,16-18,20,22-23,28,34H,2-3,6-7,10-15H2,1H3,(H,29,30)/t16?,17-,18+,20+,22+,23-,27+/m0/s1. The second kappa shape index (κ2) is 9.12. The maximum Gasteiger partial charge on any atom is 0.233 e. The molecule has 8 heteroatoms. The molecule has 6 rings (SSSR count). The number of nitrogens with zero attached hydrogens (tertiary/aromatic N) is 2. The Morgan fingerprint density at radius 3 is 2.74 bits per heavy atom.